The smallest absolute Gasteiger partial charge is 0.227 e. The van der Waals surface area contributed by atoms with Crippen LogP contribution in [0.25, 0.3) is 0 Å². The molecule has 1 N–H and O–H groups in total. The lowest BCUT2D eigenvalue weighted by Gasteiger charge is -2.36. The van der Waals surface area contributed by atoms with Crippen molar-refractivity contribution < 1.29 is 22.8 Å². The number of hydrogen-bond acceptors (Lipinski definition) is 4. The van der Waals surface area contributed by atoms with Gasteiger partial charge in [-0.2, -0.15) is 0 Å². The molecule has 0 aromatic heterocycles. The lowest BCUT2D eigenvalue weighted by Crippen LogP contribution is -2.44. The number of nitrogens with zero attached hydrogens (tertiary/aromatic N) is 2. The van der Waals surface area contributed by atoms with Gasteiger partial charge in [-0.05, 0) is 94.2 Å². The van der Waals surface area contributed by atoms with Crippen molar-refractivity contribution >= 4 is 11.7 Å². The van der Waals surface area contributed by atoms with Crippen LogP contribution >= 0.6 is 0 Å². The Kier molecular flexibility index (Phi) is 9.64. The first-order valence-corrected chi connectivity index (χ1v) is 14.8. The number of nitrogens with one attached hydrogen (secondary N) is 1. The van der Waals surface area contributed by atoms with Gasteiger partial charge in [0.1, 0.15) is 23.2 Å². The highest BCUT2D eigenvalue weighted by Gasteiger charge is 2.45. The van der Waals surface area contributed by atoms with E-state index in [0.29, 0.717) is 43.7 Å². The van der Waals surface area contributed by atoms with Crippen molar-refractivity contribution in [3.63, 3.8) is 0 Å². The molecule has 0 aliphatic carbocycles. The van der Waals surface area contributed by atoms with Crippen LogP contribution in [0.4, 0.5) is 13.2 Å². The molecule has 1 amide bonds. The third-order valence-electron chi connectivity index (χ3n) is 8.94. The van der Waals surface area contributed by atoms with Gasteiger partial charge < -0.3 is 10.2 Å². The predicted octanol–water partition coefficient (Wildman–Crippen LogP) is 6.26. The molecule has 2 aliphatic rings. The summed E-state index contributed by atoms with van der Waals surface area (Å²) in [4.78, 5) is 29.7. The van der Waals surface area contributed by atoms with E-state index < -0.39 is 17.6 Å². The number of benzene rings is 2. The minimum absolute atomic E-state index is 0.00833. The third kappa shape index (κ3) is 7.03. The zero-order valence-corrected chi connectivity index (χ0v) is 25.2. The van der Waals surface area contributed by atoms with Gasteiger partial charge in [0.2, 0.25) is 5.91 Å². The van der Waals surface area contributed by atoms with Gasteiger partial charge in [-0.15, -0.1) is 0 Å². The summed E-state index contributed by atoms with van der Waals surface area (Å²) in [7, 11) is 0. The monoisotopic (exact) mass is 571 g/mol. The van der Waals surface area contributed by atoms with Gasteiger partial charge in [-0.25, -0.2) is 13.2 Å². The van der Waals surface area contributed by atoms with Gasteiger partial charge in [-0.3, -0.25) is 14.5 Å². The van der Waals surface area contributed by atoms with Crippen molar-refractivity contribution in [2.45, 2.75) is 84.2 Å². The second-order valence-electron chi connectivity index (χ2n) is 12.8. The summed E-state index contributed by atoms with van der Waals surface area (Å²) in [5.74, 6) is -2.08. The maximum Gasteiger partial charge on any atom is 0.227 e. The fourth-order valence-electron chi connectivity index (χ4n) is 6.48. The van der Waals surface area contributed by atoms with E-state index in [1.54, 1.807) is 13.0 Å². The van der Waals surface area contributed by atoms with Crippen LogP contribution in [0.3, 0.4) is 0 Å². The SMILES string of the molecule is CC[C@@H](NCC(C)=O)c1cc(F)c(C)cc1C1CCN(C(=O)C2CN(C(C)(C)C)C[C@H]2c2ccc(F)cc2F)CC1. The number of ketones is 1. The van der Waals surface area contributed by atoms with E-state index in [0.717, 1.165) is 30.0 Å². The van der Waals surface area contributed by atoms with E-state index in [1.807, 2.05) is 17.9 Å². The molecule has 0 radical (unpaired) electrons. The Bertz CT molecular complexity index is 1270. The standard InChI is InChI=1S/C33H44F3N3O2/c1-7-31(37-17-21(3)40)26-16-29(35)20(2)14-25(26)22-10-12-38(13-11-22)32(41)28-19-39(33(4,5)6)18-27(28)24-9-8-23(34)15-30(24)36/h8-9,14-16,22,27-28,31,37H,7,10-13,17-19H2,1-6H3/t27-,28?,31+/m0/s1. The first kappa shape index (κ1) is 31.2. The molecule has 0 bridgehead atoms. The summed E-state index contributed by atoms with van der Waals surface area (Å²) in [6.07, 6.45) is 2.18. The van der Waals surface area contributed by atoms with E-state index in [2.05, 4.69) is 31.0 Å². The Hall–Kier alpha value is -2.71. The van der Waals surface area contributed by atoms with Crippen LogP contribution in [0.5, 0.6) is 0 Å². The Morgan fingerprint density at radius 2 is 1.68 bits per heavy atom. The van der Waals surface area contributed by atoms with Crippen molar-refractivity contribution in [1.82, 2.24) is 15.1 Å². The van der Waals surface area contributed by atoms with Crippen molar-refractivity contribution in [1.29, 1.82) is 0 Å². The zero-order chi connectivity index (χ0) is 30.1. The third-order valence-corrected chi connectivity index (χ3v) is 8.94. The number of rotatable bonds is 8. The molecular formula is C33H44F3N3O2. The van der Waals surface area contributed by atoms with Gasteiger partial charge in [0.25, 0.3) is 0 Å². The number of piperidine rings is 1. The quantitative estimate of drug-likeness (QED) is 0.406. The Balaban J connectivity index is 1.53. The van der Waals surface area contributed by atoms with E-state index in [1.165, 1.54) is 19.1 Å². The molecule has 2 saturated heterocycles. The maximum atomic E-state index is 14.9. The van der Waals surface area contributed by atoms with E-state index in [4.69, 9.17) is 0 Å². The summed E-state index contributed by atoms with van der Waals surface area (Å²) in [6, 6.07) is 7.04. The van der Waals surface area contributed by atoms with Crippen molar-refractivity contribution in [3.8, 4) is 0 Å². The lowest BCUT2D eigenvalue weighted by atomic mass is 9.82. The first-order valence-electron chi connectivity index (χ1n) is 14.8. The molecule has 0 spiro atoms. The van der Waals surface area contributed by atoms with E-state index in [9.17, 15) is 22.8 Å². The average Bonchev–Trinajstić information content (AvgIpc) is 3.36. The van der Waals surface area contributed by atoms with Crippen LogP contribution < -0.4 is 5.32 Å². The van der Waals surface area contributed by atoms with Crippen molar-refractivity contribution in [2.24, 2.45) is 5.92 Å². The predicted molar refractivity (Wildman–Crippen MR) is 155 cm³/mol. The molecule has 2 fully saturated rings. The average molecular weight is 572 g/mol. The van der Waals surface area contributed by atoms with E-state index in [-0.39, 0.29) is 47.5 Å². The number of hydrogen-bond donors (Lipinski definition) is 1. The van der Waals surface area contributed by atoms with Crippen molar-refractivity contribution in [2.75, 3.05) is 32.7 Å². The molecule has 224 valence electrons. The van der Waals surface area contributed by atoms with Gasteiger partial charge in [0, 0.05) is 49.7 Å². The molecule has 1 unspecified atom stereocenters. The number of halogens is 3. The second kappa shape index (κ2) is 12.7. The van der Waals surface area contributed by atoms with Crippen LogP contribution in [-0.4, -0.2) is 59.8 Å². The van der Waals surface area contributed by atoms with Crippen LogP contribution in [0.2, 0.25) is 0 Å². The molecule has 41 heavy (non-hydrogen) atoms. The number of likely N-dealkylation sites (tertiary alicyclic amines) is 2. The minimum Gasteiger partial charge on any atom is -0.342 e. The molecule has 2 aromatic rings. The molecule has 5 nitrogen and oxygen atoms in total. The highest BCUT2D eigenvalue weighted by Crippen LogP contribution is 2.40. The van der Waals surface area contributed by atoms with Gasteiger partial charge in [0.05, 0.1) is 12.5 Å². The molecule has 2 aromatic carbocycles. The second-order valence-corrected chi connectivity index (χ2v) is 12.8. The summed E-state index contributed by atoms with van der Waals surface area (Å²) in [5.41, 5.74) is 2.73. The van der Waals surface area contributed by atoms with Crippen LogP contribution in [-0.2, 0) is 9.59 Å². The topological polar surface area (TPSA) is 52.7 Å². The molecular weight excluding hydrogens is 527 g/mol. The molecule has 8 heteroatoms. The molecule has 0 saturated carbocycles. The first-order chi connectivity index (χ1) is 19.3. The number of amides is 1. The number of aryl methyl sites for hydroxylation is 1. The summed E-state index contributed by atoms with van der Waals surface area (Å²) < 4.78 is 43.3. The highest BCUT2D eigenvalue weighted by atomic mass is 19.1. The van der Waals surface area contributed by atoms with Gasteiger partial charge in [0.15, 0.2) is 0 Å². The largest absolute Gasteiger partial charge is 0.342 e. The molecule has 4 rings (SSSR count). The van der Waals surface area contributed by atoms with E-state index >= 15 is 0 Å². The Morgan fingerprint density at radius 1 is 1.00 bits per heavy atom. The normalized spacial score (nSPS) is 21.3. The summed E-state index contributed by atoms with van der Waals surface area (Å²) in [6.45, 7) is 14.0. The fraction of sp³-hybridized carbons (Fsp3) is 0.576. The maximum absolute atomic E-state index is 14.9. The Morgan fingerprint density at radius 3 is 2.27 bits per heavy atom. The highest BCUT2D eigenvalue weighted by molar-refractivity contribution is 5.81. The van der Waals surface area contributed by atoms with Crippen LogP contribution in [0, 0.1) is 30.3 Å². The van der Waals surface area contributed by atoms with Crippen LogP contribution in [0.1, 0.15) is 94.0 Å². The number of carbonyl (C=O) groups is 2. The van der Waals surface area contributed by atoms with Crippen molar-refractivity contribution in [3.05, 3.63) is 70.0 Å². The lowest BCUT2D eigenvalue weighted by molar-refractivity contribution is -0.136. The fourth-order valence-corrected chi connectivity index (χ4v) is 6.48. The molecule has 3 atom stereocenters. The van der Waals surface area contributed by atoms with Gasteiger partial charge in [-0.1, -0.05) is 19.1 Å². The van der Waals surface area contributed by atoms with Crippen LogP contribution in [0.15, 0.2) is 30.3 Å². The summed E-state index contributed by atoms with van der Waals surface area (Å²) >= 11 is 0. The minimum atomic E-state index is -0.626. The zero-order valence-electron chi connectivity index (χ0n) is 25.2. The molecule has 2 heterocycles. The Labute approximate surface area is 242 Å². The summed E-state index contributed by atoms with van der Waals surface area (Å²) in [5, 5.41) is 3.28. The number of carbonyl (C=O) groups excluding carboxylic acids is 2. The van der Waals surface area contributed by atoms with Gasteiger partial charge >= 0.3 is 0 Å². The number of Topliss-reactive ketones (excluding diaryl/α,β-unsaturated/α-hetero) is 1. The molecule has 2 aliphatic heterocycles.